The highest BCUT2D eigenvalue weighted by atomic mass is 32.1. The van der Waals surface area contributed by atoms with Gasteiger partial charge >= 0.3 is 0 Å². The number of aryl methyl sites for hydroxylation is 1. The van der Waals surface area contributed by atoms with E-state index < -0.39 is 0 Å². The SMILES string of the molecule is CCCCn1c(C)csc1=Nc1ccc(C#N)cc1. The molecule has 0 saturated carbocycles. The van der Waals surface area contributed by atoms with Gasteiger partial charge in [-0.25, -0.2) is 4.99 Å². The predicted octanol–water partition coefficient (Wildman–Crippen LogP) is 3.76. The molecule has 0 aliphatic carbocycles. The largest absolute Gasteiger partial charge is 0.321 e. The van der Waals surface area contributed by atoms with E-state index in [1.165, 1.54) is 12.1 Å². The maximum absolute atomic E-state index is 8.78. The van der Waals surface area contributed by atoms with Crippen molar-refractivity contribution in [3.05, 3.63) is 45.7 Å². The first-order chi connectivity index (χ1) is 9.24. The zero-order valence-corrected chi connectivity index (χ0v) is 12.1. The van der Waals surface area contributed by atoms with Gasteiger partial charge in [-0.05, 0) is 37.6 Å². The Morgan fingerprint density at radius 3 is 2.68 bits per heavy atom. The van der Waals surface area contributed by atoms with Gasteiger partial charge in [-0.1, -0.05) is 13.3 Å². The van der Waals surface area contributed by atoms with Gasteiger partial charge in [-0.3, -0.25) is 0 Å². The Morgan fingerprint density at radius 2 is 2.05 bits per heavy atom. The molecule has 0 unspecified atom stereocenters. The summed E-state index contributed by atoms with van der Waals surface area (Å²) in [5.74, 6) is 0. The minimum absolute atomic E-state index is 0.667. The molecule has 3 nitrogen and oxygen atoms in total. The van der Waals surface area contributed by atoms with E-state index in [4.69, 9.17) is 5.26 Å². The third kappa shape index (κ3) is 3.33. The summed E-state index contributed by atoms with van der Waals surface area (Å²) >= 11 is 1.66. The van der Waals surface area contributed by atoms with Crippen molar-refractivity contribution in [3.8, 4) is 6.07 Å². The number of rotatable bonds is 4. The second-order valence-corrected chi connectivity index (χ2v) is 5.27. The van der Waals surface area contributed by atoms with Crippen LogP contribution in [-0.2, 0) is 6.54 Å². The normalized spacial score (nSPS) is 11.5. The predicted molar refractivity (Wildman–Crippen MR) is 78.3 cm³/mol. The number of unbranched alkanes of at least 4 members (excludes halogenated alkanes) is 1. The summed E-state index contributed by atoms with van der Waals surface area (Å²) in [6.45, 7) is 5.32. The van der Waals surface area contributed by atoms with E-state index in [1.807, 2.05) is 12.1 Å². The first-order valence-corrected chi connectivity index (χ1v) is 7.32. The summed E-state index contributed by atoms with van der Waals surface area (Å²) in [7, 11) is 0. The summed E-state index contributed by atoms with van der Waals surface area (Å²) in [5.41, 5.74) is 2.82. The zero-order valence-electron chi connectivity index (χ0n) is 11.3. The molecule has 1 aromatic carbocycles. The number of nitriles is 1. The number of aromatic nitrogens is 1. The Morgan fingerprint density at radius 1 is 1.32 bits per heavy atom. The van der Waals surface area contributed by atoms with Crippen LogP contribution in [-0.4, -0.2) is 4.57 Å². The molecule has 0 saturated heterocycles. The molecule has 0 N–H and O–H groups in total. The van der Waals surface area contributed by atoms with Gasteiger partial charge in [0.1, 0.15) is 0 Å². The van der Waals surface area contributed by atoms with Crippen molar-refractivity contribution in [2.24, 2.45) is 4.99 Å². The van der Waals surface area contributed by atoms with Crippen LogP contribution in [0.15, 0.2) is 34.6 Å². The smallest absolute Gasteiger partial charge is 0.190 e. The molecule has 98 valence electrons. The van der Waals surface area contributed by atoms with Crippen LogP contribution in [0, 0.1) is 18.3 Å². The van der Waals surface area contributed by atoms with E-state index in [9.17, 15) is 0 Å². The molecule has 1 aromatic heterocycles. The first-order valence-electron chi connectivity index (χ1n) is 6.44. The second kappa shape index (κ2) is 6.35. The maximum atomic E-state index is 8.78. The Bertz CT molecular complexity index is 641. The molecule has 0 atom stereocenters. The van der Waals surface area contributed by atoms with Crippen LogP contribution in [0.4, 0.5) is 5.69 Å². The Kier molecular flexibility index (Phi) is 4.53. The van der Waals surface area contributed by atoms with Gasteiger partial charge in [0.15, 0.2) is 4.80 Å². The van der Waals surface area contributed by atoms with Crippen molar-refractivity contribution in [3.63, 3.8) is 0 Å². The van der Waals surface area contributed by atoms with E-state index in [0.29, 0.717) is 5.56 Å². The van der Waals surface area contributed by atoms with E-state index in [0.717, 1.165) is 23.5 Å². The average Bonchev–Trinajstić information content (AvgIpc) is 2.78. The zero-order chi connectivity index (χ0) is 13.7. The fourth-order valence-corrected chi connectivity index (χ4v) is 2.74. The van der Waals surface area contributed by atoms with Gasteiger partial charge in [-0.15, -0.1) is 11.3 Å². The standard InChI is InChI=1S/C15H17N3S/c1-3-4-9-18-12(2)11-19-15(18)17-14-7-5-13(10-16)6-8-14/h5-8,11H,3-4,9H2,1-2H3. The fourth-order valence-electron chi connectivity index (χ4n) is 1.81. The minimum Gasteiger partial charge on any atom is -0.321 e. The molecule has 0 aliphatic rings. The molecule has 0 bridgehead atoms. The summed E-state index contributed by atoms with van der Waals surface area (Å²) < 4.78 is 2.26. The molecule has 0 spiro atoms. The van der Waals surface area contributed by atoms with E-state index in [1.54, 1.807) is 23.5 Å². The second-order valence-electron chi connectivity index (χ2n) is 4.44. The molecule has 0 aliphatic heterocycles. The van der Waals surface area contributed by atoms with Crippen molar-refractivity contribution in [2.45, 2.75) is 33.2 Å². The maximum Gasteiger partial charge on any atom is 0.190 e. The van der Waals surface area contributed by atoms with Crippen LogP contribution in [0.5, 0.6) is 0 Å². The lowest BCUT2D eigenvalue weighted by Gasteiger charge is -2.04. The number of nitrogens with zero attached hydrogens (tertiary/aromatic N) is 3. The quantitative estimate of drug-likeness (QED) is 0.834. The molecule has 4 heteroatoms. The summed E-state index contributed by atoms with van der Waals surface area (Å²) in [6, 6.07) is 9.49. The van der Waals surface area contributed by atoms with Crippen LogP contribution in [0.3, 0.4) is 0 Å². The van der Waals surface area contributed by atoms with E-state index in [-0.39, 0.29) is 0 Å². The van der Waals surface area contributed by atoms with Crippen LogP contribution in [0.2, 0.25) is 0 Å². The highest BCUT2D eigenvalue weighted by molar-refractivity contribution is 7.07. The fraction of sp³-hybridized carbons (Fsp3) is 0.333. The molecule has 0 fully saturated rings. The lowest BCUT2D eigenvalue weighted by Crippen LogP contribution is -2.15. The van der Waals surface area contributed by atoms with Crippen molar-refractivity contribution in [1.82, 2.24) is 4.57 Å². The number of benzene rings is 1. The monoisotopic (exact) mass is 271 g/mol. The van der Waals surface area contributed by atoms with Gasteiger partial charge in [0.25, 0.3) is 0 Å². The van der Waals surface area contributed by atoms with E-state index in [2.05, 4.69) is 34.9 Å². The van der Waals surface area contributed by atoms with Gasteiger partial charge in [0.2, 0.25) is 0 Å². The molecular formula is C15H17N3S. The van der Waals surface area contributed by atoms with Gasteiger partial charge in [-0.2, -0.15) is 5.26 Å². The molecular weight excluding hydrogens is 254 g/mol. The lowest BCUT2D eigenvalue weighted by atomic mass is 10.2. The molecule has 19 heavy (non-hydrogen) atoms. The van der Waals surface area contributed by atoms with Crippen molar-refractivity contribution >= 4 is 17.0 Å². The first kappa shape index (κ1) is 13.6. The molecule has 0 amide bonds. The molecule has 2 aromatic rings. The van der Waals surface area contributed by atoms with Crippen molar-refractivity contribution in [2.75, 3.05) is 0 Å². The van der Waals surface area contributed by atoms with Crippen LogP contribution >= 0.6 is 11.3 Å². The third-order valence-corrected chi connectivity index (χ3v) is 3.93. The Hall–Kier alpha value is -1.86. The van der Waals surface area contributed by atoms with Crippen LogP contribution in [0.25, 0.3) is 0 Å². The summed E-state index contributed by atoms with van der Waals surface area (Å²) in [4.78, 5) is 5.69. The highest BCUT2D eigenvalue weighted by Gasteiger charge is 2.01. The number of hydrogen-bond acceptors (Lipinski definition) is 3. The average molecular weight is 271 g/mol. The number of thiazole rings is 1. The third-order valence-electron chi connectivity index (χ3n) is 2.95. The van der Waals surface area contributed by atoms with Gasteiger partial charge in [0.05, 0.1) is 17.3 Å². The molecule has 1 heterocycles. The minimum atomic E-state index is 0.667. The lowest BCUT2D eigenvalue weighted by molar-refractivity contribution is 0.605. The summed E-state index contributed by atoms with van der Waals surface area (Å²) in [6.07, 6.45) is 2.34. The van der Waals surface area contributed by atoms with Crippen molar-refractivity contribution in [1.29, 1.82) is 5.26 Å². The Labute approximate surface area is 117 Å². The Balaban J connectivity index is 2.34. The molecule has 0 radical (unpaired) electrons. The highest BCUT2D eigenvalue weighted by Crippen LogP contribution is 2.12. The van der Waals surface area contributed by atoms with Crippen LogP contribution in [0.1, 0.15) is 31.0 Å². The molecule has 2 rings (SSSR count). The topological polar surface area (TPSA) is 41.1 Å². The van der Waals surface area contributed by atoms with Gasteiger partial charge < -0.3 is 4.57 Å². The van der Waals surface area contributed by atoms with Crippen LogP contribution < -0.4 is 4.80 Å². The van der Waals surface area contributed by atoms with Gasteiger partial charge in [0, 0.05) is 17.6 Å². The summed E-state index contributed by atoms with van der Waals surface area (Å²) in [5, 5.41) is 10.9. The van der Waals surface area contributed by atoms with E-state index >= 15 is 0 Å². The number of hydrogen-bond donors (Lipinski definition) is 0. The van der Waals surface area contributed by atoms with Crippen molar-refractivity contribution < 1.29 is 0 Å².